The summed E-state index contributed by atoms with van der Waals surface area (Å²) in [7, 11) is -4.61. The number of hydrogen-bond donors (Lipinski definition) is 3. The van der Waals surface area contributed by atoms with Crippen molar-refractivity contribution in [3.8, 4) is 0 Å². The van der Waals surface area contributed by atoms with E-state index in [1.54, 1.807) is 0 Å². The van der Waals surface area contributed by atoms with E-state index in [0.29, 0.717) is 6.42 Å². The fourth-order valence-electron chi connectivity index (χ4n) is 2.43. The van der Waals surface area contributed by atoms with Gasteiger partial charge in [0.2, 0.25) is 0 Å². The maximum absolute atomic E-state index is 11.5. The second-order valence-corrected chi connectivity index (χ2v) is 7.65. The predicted molar refractivity (Wildman–Crippen MR) is 96.0 cm³/mol. The number of phosphoric ester groups is 1. The van der Waals surface area contributed by atoms with E-state index in [9.17, 15) is 14.5 Å². The molecule has 0 rings (SSSR count). The average Bonchev–Trinajstić information content (AvgIpc) is 2.55. The summed E-state index contributed by atoms with van der Waals surface area (Å²) in [4.78, 5) is 28.4. The molecular formula is C17H35O7P. The van der Waals surface area contributed by atoms with Gasteiger partial charge >= 0.3 is 13.8 Å². The lowest BCUT2D eigenvalue weighted by Gasteiger charge is -2.12. The van der Waals surface area contributed by atoms with Gasteiger partial charge in [-0.25, -0.2) is 4.57 Å². The second kappa shape index (κ2) is 15.8. The van der Waals surface area contributed by atoms with Crippen molar-refractivity contribution in [1.29, 1.82) is 0 Å². The van der Waals surface area contributed by atoms with Gasteiger partial charge in [0.05, 0.1) is 6.61 Å². The Morgan fingerprint density at radius 2 is 1.36 bits per heavy atom. The first-order valence-corrected chi connectivity index (χ1v) is 10.9. The van der Waals surface area contributed by atoms with Crippen molar-refractivity contribution in [2.45, 2.75) is 90.1 Å². The molecule has 150 valence electrons. The summed E-state index contributed by atoms with van der Waals surface area (Å²) in [6.45, 7) is 1.33. The van der Waals surface area contributed by atoms with Gasteiger partial charge in [-0.2, -0.15) is 0 Å². The van der Waals surface area contributed by atoms with Gasteiger partial charge in [0.1, 0.15) is 12.7 Å². The van der Waals surface area contributed by atoms with Gasteiger partial charge in [-0.05, 0) is 6.42 Å². The molecule has 0 saturated heterocycles. The molecular weight excluding hydrogens is 347 g/mol. The van der Waals surface area contributed by atoms with E-state index in [1.807, 2.05) is 0 Å². The smallest absolute Gasteiger partial charge is 0.463 e. The normalized spacial score (nSPS) is 13.0. The number of phosphoric acid groups is 1. The van der Waals surface area contributed by atoms with Crippen LogP contribution in [0.15, 0.2) is 0 Å². The molecule has 0 saturated carbocycles. The number of unbranched alkanes of at least 4 members (excludes halogenated alkanes) is 10. The topological polar surface area (TPSA) is 113 Å². The molecule has 3 N–H and O–H groups in total. The minimum absolute atomic E-state index is 0.295. The highest BCUT2D eigenvalue weighted by Gasteiger charge is 2.17. The third-order valence-electron chi connectivity index (χ3n) is 3.86. The maximum atomic E-state index is 11.5. The first kappa shape index (κ1) is 24.5. The molecule has 0 aromatic rings. The highest BCUT2D eigenvalue weighted by Crippen LogP contribution is 2.35. The van der Waals surface area contributed by atoms with E-state index in [2.05, 4.69) is 11.4 Å². The first-order chi connectivity index (χ1) is 11.8. The number of ether oxygens (including phenoxy) is 1. The molecule has 1 unspecified atom stereocenters. The summed E-state index contributed by atoms with van der Waals surface area (Å²) in [5, 5.41) is 9.38. The molecule has 25 heavy (non-hydrogen) atoms. The Kier molecular flexibility index (Phi) is 15.5. The Hall–Kier alpha value is -0.460. The van der Waals surface area contributed by atoms with Crippen LogP contribution in [0.25, 0.3) is 0 Å². The van der Waals surface area contributed by atoms with Gasteiger partial charge in [0.15, 0.2) is 0 Å². The summed E-state index contributed by atoms with van der Waals surface area (Å²) in [6.07, 6.45) is 12.3. The molecule has 0 aromatic heterocycles. The molecule has 0 bridgehead atoms. The molecule has 0 heterocycles. The van der Waals surface area contributed by atoms with Crippen molar-refractivity contribution in [3.63, 3.8) is 0 Å². The van der Waals surface area contributed by atoms with E-state index >= 15 is 0 Å². The second-order valence-electron chi connectivity index (χ2n) is 6.41. The summed E-state index contributed by atoms with van der Waals surface area (Å²) in [5.74, 6) is -0.411. The standard InChI is InChI=1S/C17H35O7P/c1-2-3-4-5-6-7-8-9-10-11-12-13-17(19)23-14-16(18)15-24-25(20,21)22/h16,18H,2-15H2,1H3,(H2,20,21,22). The fourth-order valence-corrected chi connectivity index (χ4v) is 2.79. The van der Waals surface area contributed by atoms with E-state index in [4.69, 9.17) is 14.5 Å². The van der Waals surface area contributed by atoms with Crippen LogP contribution in [0.3, 0.4) is 0 Å². The highest BCUT2D eigenvalue weighted by molar-refractivity contribution is 7.46. The number of hydrogen-bond acceptors (Lipinski definition) is 5. The average molecular weight is 382 g/mol. The van der Waals surface area contributed by atoms with Crippen LogP contribution in [0.5, 0.6) is 0 Å². The maximum Gasteiger partial charge on any atom is 0.469 e. The van der Waals surface area contributed by atoms with Crippen molar-refractivity contribution in [2.75, 3.05) is 13.2 Å². The van der Waals surface area contributed by atoms with Crippen molar-refractivity contribution < 1.29 is 33.5 Å². The van der Waals surface area contributed by atoms with Crippen LogP contribution in [0, 0.1) is 0 Å². The third kappa shape index (κ3) is 19.7. The summed E-state index contributed by atoms with van der Waals surface area (Å²) in [5.41, 5.74) is 0. The Balaban J connectivity index is 3.37. The Morgan fingerprint density at radius 3 is 1.84 bits per heavy atom. The molecule has 0 aliphatic heterocycles. The van der Waals surface area contributed by atoms with Gasteiger partial charge in [0, 0.05) is 6.42 Å². The molecule has 0 aliphatic carbocycles. The zero-order valence-electron chi connectivity index (χ0n) is 15.4. The molecule has 8 heteroatoms. The summed E-state index contributed by atoms with van der Waals surface area (Å²) >= 11 is 0. The fraction of sp³-hybridized carbons (Fsp3) is 0.941. The van der Waals surface area contributed by atoms with E-state index < -0.39 is 26.5 Å². The zero-order chi connectivity index (χ0) is 19.0. The molecule has 1 atom stereocenters. The largest absolute Gasteiger partial charge is 0.469 e. The minimum atomic E-state index is -4.61. The monoisotopic (exact) mass is 382 g/mol. The molecule has 0 aromatic carbocycles. The van der Waals surface area contributed by atoms with Crippen molar-refractivity contribution in [2.24, 2.45) is 0 Å². The molecule has 0 fully saturated rings. The lowest BCUT2D eigenvalue weighted by Crippen LogP contribution is -2.23. The number of carbonyl (C=O) groups excluding carboxylic acids is 1. The number of aliphatic hydroxyl groups is 1. The van der Waals surface area contributed by atoms with Crippen LogP contribution in [-0.4, -0.2) is 40.2 Å². The van der Waals surface area contributed by atoms with E-state index in [1.165, 1.54) is 51.4 Å². The number of esters is 1. The van der Waals surface area contributed by atoms with Gasteiger partial charge in [-0.3, -0.25) is 9.32 Å². The van der Waals surface area contributed by atoms with Gasteiger partial charge in [0.25, 0.3) is 0 Å². The van der Waals surface area contributed by atoms with Crippen LogP contribution < -0.4 is 0 Å². The quantitative estimate of drug-likeness (QED) is 0.200. The Bertz CT molecular complexity index is 370. The van der Waals surface area contributed by atoms with Crippen molar-refractivity contribution >= 4 is 13.8 Å². The van der Waals surface area contributed by atoms with Crippen LogP contribution in [-0.2, 0) is 18.6 Å². The van der Waals surface area contributed by atoms with Crippen LogP contribution in [0.4, 0.5) is 0 Å². The number of aliphatic hydroxyl groups excluding tert-OH is 1. The van der Waals surface area contributed by atoms with Crippen molar-refractivity contribution in [1.82, 2.24) is 0 Å². The lowest BCUT2D eigenvalue weighted by atomic mass is 10.1. The van der Waals surface area contributed by atoms with E-state index in [0.717, 1.165) is 19.3 Å². The number of rotatable bonds is 17. The Labute approximate surface area is 151 Å². The van der Waals surface area contributed by atoms with Gasteiger partial charge < -0.3 is 19.6 Å². The highest BCUT2D eigenvalue weighted by atomic mass is 31.2. The molecule has 0 spiro atoms. The van der Waals surface area contributed by atoms with Crippen LogP contribution in [0.2, 0.25) is 0 Å². The van der Waals surface area contributed by atoms with Gasteiger partial charge in [-0.1, -0.05) is 71.1 Å². The predicted octanol–water partition coefficient (Wildman–Crippen LogP) is 3.70. The number of carbonyl (C=O) groups is 1. The molecule has 7 nitrogen and oxygen atoms in total. The first-order valence-electron chi connectivity index (χ1n) is 9.39. The minimum Gasteiger partial charge on any atom is -0.463 e. The van der Waals surface area contributed by atoms with E-state index in [-0.39, 0.29) is 6.61 Å². The molecule has 0 amide bonds. The Morgan fingerprint density at radius 1 is 0.880 bits per heavy atom. The third-order valence-corrected chi connectivity index (χ3v) is 4.34. The zero-order valence-corrected chi connectivity index (χ0v) is 16.3. The molecule has 0 radical (unpaired) electrons. The SMILES string of the molecule is CCCCCCCCCCCCCC(=O)OCC(O)COP(=O)(O)O. The summed E-state index contributed by atoms with van der Waals surface area (Å²) < 4.78 is 19.4. The van der Waals surface area contributed by atoms with Crippen LogP contribution >= 0.6 is 7.82 Å². The van der Waals surface area contributed by atoms with Gasteiger partial charge in [-0.15, -0.1) is 0 Å². The molecule has 0 aliphatic rings. The summed E-state index contributed by atoms with van der Waals surface area (Å²) in [6, 6.07) is 0. The lowest BCUT2D eigenvalue weighted by molar-refractivity contribution is -0.147. The van der Waals surface area contributed by atoms with Crippen molar-refractivity contribution in [3.05, 3.63) is 0 Å². The van der Waals surface area contributed by atoms with Crippen LogP contribution in [0.1, 0.15) is 84.0 Å².